The maximum atomic E-state index is 6.14. The third-order valence-corrected chi connectivity index (χ3v) is 3.41. The standard InChI is InChI=1S/C15H26N2/c1-4-6-8-12-11(3)10-14(16)15(17)13(12)9-7-5-2/h10H,4-9,16-17H2,1-3H3. The van der Waals surface area contributed by atoms with Gasteiger partial charge in [-0.2, -0.15) is 0 Å². The second kappa shape index (κ2) is 6.53. The summed E-state index contributed by atoms with van der Waals surface area (Å²) in [5, 5.41) is 0. The molecule has 0 atom stereocenters. The van der Waals surface area contributed by atoms with E-state index in [1.807, 2.05) is 6.07 Å². The van der Waals surface area contributed by atoms with Gasteiger partial charge in [-0.1, -0.05) is 26.7 Å². The van der Waals surface area contributed by atoms with E-state index in [-0.39, 0.29) is 0 Å². The Morgan fingerprint density at radius 2 is 1.47 bits per heavy atom. The number of anilines is 2. The van der Waals surface area contributed by atoms with E-state index < -0.39 is 0 Å². The molecule has 0 radical (unpaired) electrons. The van der Waals surface area contributed by atoms with Crippen LogP contribution in [0.25, 0.3) is 0 Å². The minimum absolute atomic E-state index is 0.744. The van der Waals surface area contributed by atoms with Gasteiger partial charge in [0, 0.05) is 0 Å². The molecule has 2 heteroatoms. The topological polar surface area (TPSA) is 52.0 Å². The van der Waals surface area contributed by atoms with E-state index in [1.165, 1.54) is 42.4 Å². The first-order chi connectivity index (χ1) is 8.11. The molecule has 1 aromatic carbocycles. The number of nitrogens with two attached hydrogens (primary N) is 2. The molecule has 1 aromatic rings. The van der Waals surface area contributed by atoms with Gasteiger partial charge in [-0.05, 0) is 55.4 Å². The van der Waals surface area contributed by atoms with Crippen molar-refractivity contribution in [1.29, 1.82) is 0 Å². The number of hydrogen-bond acceptors (Lipinski definition) is 2. The third kappa shape index (κ3) is 3.39. The van der Waals surface area contributed by atoms with Gasteiger partial charge >= 0.3 is 0 Å². The van der Waals surface area contributed by atoms with Crippen molar-refractivity contribution in [2.45, 2.75) is 59.3 Å². The highest BCUT2D eigenvalue weighted by Crippen LogP contribution is 2.30. The van der Waals surface area contributed by atoms with Crippen molar-refractivity contribution in [2.24, 2.45) is 0 Å². The van der Waals surface area contributed by atoms with Crippen LogP contribution in [0, 0.1) is 6.92 Å². The van der Waals surface area contributed by atoms with Crippen molar-refractivity contribution in [1.82, 2.24) is 0 Å². The lowest BCUT2D eigenvalue weighted by atomic mass is 9.91. The largest absolute Gasteiger partial charge is 0.397 e. The van der Waals surface area contributed by atoms with Crippen molar-refractivity contribution < 1.29 is 0 Å². The Bertz CT molecular complexity index is 370. The summed E-state index contributed by atoms with van der Waals surface area (Å²) in [6.07, 6.45) is 7.02. The predicted molar refractivity (Wildman–Crippen MR) is 77.2 cm³/mol. The highest BCUT2D eigenvalue weighted by atomic mass is 14.7. The Kier molecular flexibility index (Phi) is 5.33. The van der Waals surface area contributed by atoms with Gasteiger partial charge in [0.25, 0.3) is 0 Å². The van der Waals surface area contributed by atoms with Crippen LogP contribution >= 0.6 is 0 Å². The maximum Gasteiger partial charge on any atom is 0.0583 e. The molecule has 0 spiro atoms. The smallest absolute Gasteiger partial charge is 0.0583 e. The fourth-order valence-electron chi connectivity index (χ4n) is 2.31. The first-order valence-electron chi connectivity index (χ1n) is 6.78. The zero-order chi connectivity index (χ0) is 12.8. The number of rotatable bonds is 6. The highest BCUT2D eigenvalue weighted by molar-refractivity contribution is 5.71. The van der Waals surface area contributed by atoms with Gasteiger partial charge in [-0.15, -0.1) is 0 Å². The van der Waals surface area contributed by atoms with Gasteiger partial charge in [-0.25, -0.2) is 0 Å². The second-order valence-corrected chi connectivity index (χ2v) is 4.86. The molecule has 0 amide bonds. The van der Waals surface area contributed by atoms with Gasteiger partial charge in [0.1, 0.15) is 0 Å². The molecule has 0 saturated carbocycles. The molecule has 4 N–H and O–H groups in total. The van der Waals surface area contributed by atoms with Gasteiger partial charge in [0.05, 0.1) is 11.4 Å². The van der Waals surface area contributed by atoms with Gasteiger partial charge in [-0.3, -0.25) is 0 Å². The molecule has 96 valence electrons. The minimum Gasteiger partial charge on any atom is -0.397 e. The second-order valence-electron chi connectivity index (χ2n) is 4.86. The first-order valence-corrected chi connectivity index (χ1v) is 6.78. The minimum atomic E-state index is 0.744. The molecule has 0 aliphatic carbocycles. The zero-order valence-electron chi connectivity index (χ0n) is 11.5. The van der Waals surface area contributed by atoms with Crippen molar-refractivity contribution in [3.8, 4) is 0 Å². The summed E-state index contributed by atoms with van der Waals surface area (Å²) in [6, 6.07) is 2.02. The summed E-state index contributed by atoms with van der Waals surface area (Å²) in [7, 11) is 0. The van der Waals surface area contributed by atoms with Crippen molar-refractivity contribution in [3.63, 3.8) is 0 Å². The Hall–Kier alpha value is -1.18. The van der Waals surface area contributed by atoms with E-state index in [1.54, 1.807) is 0 Å². The van der Waals surface area contributed by atoms with Gasteiger partial charge in [0.15, 0.2) is 0 Å². The van der Waals surface area contributed by atoms with E-state index >= 15 is 0 Å². The molecule has 0 aliphatic rings. The van der Waals surface area contributed by atoms with Crippen LogP contribution in [0.5, 0.6) is 0 Å². The monoisotopic (exact) mass is 234 g/mol. The van der Waals surface area contributed by atoms with Crippen LogP contribution in [0.1, 0.15) is 56.2 Å². The molecular formula is C15H26N2. The summed E-state index contributed by atoms with van der Waals surface area (Å²) < 4.78 is 0. The molecule has 0 aromatic heterocycles. The lowest BCUT2D eigenvalue weighted by Crippen LogP contribution is -2.07. The Balaban J connectivity index is 3.09. The Morgan fingerprint density at radius 1 is 0.941 bits per heavy atom. The molecule has 1 rings (SSSR count). The first kappa shape index (κ1) is 13.9. The van der Waals surface area contributed by atoms with Crippen LogP contribution in [-0.2, 0) is 12.8 Å². The van der Waals surface area contributed by atoms with Crippen molar-refractivity contribution in [3.05, 3.63) is 22.8 Å². The zero-order valence-corrected chi connectivity index (χ0v) is 11.5. The van der Waals surface area contributed by atoms with Crippen LogP contribution in [0.2, 0.25) is 0 Å². The predicted octanol–water partition coefficient (Wildman–Crippen LogP) is 3.84. The average Bonchev–Trinajstić information content (AvgIpc) is 2.30. The number of nitrogen functional groups attached to an aromatic ring is 2. The molecule has 0 fully saturated rings. The molecule has 0 heterocycles. The number of unbranched alkanes of at least 4 members (excludes halogenated alkanes) is 2. The van der Waals surface area contributed by atoms with E-state index in [0.29, 0.717) is 0 Å². The van der Waals surface area contributed by atoms with Gasteiger partial charge in [0.2, 0.25) is 0 Å². The average molecular weight is 234 g/mol. The number of hydrogen-bond donors (Lipinski definition) is 2. The SMILES string of the molecule is CCCCc1c(C)cc(N)c(N)c1CCCC. The summed E-state index contributed by atoms with van der Waals surface area (Å²) in [4.78, 5) is 0. The van der Waals surface area contributed by atoms with Crippen molar-refractivity contribution >= 4 is 11.4 Å². The normalized spacial score (nSPS) is 10.8. The molecular weight excluding hydrogens is 208 g/mol. The van der Waals surface area contributed by atoms with E-state index in [9.17, 15) is 0 Å². The summed E-state index contributed by atoms with van der Waals surface area (Å²) in [6.45, 7) is 6.58. The summed E-state index contributed by atoms with van der Waals surface area (Å²) in [5.41, 5.74) is 17.7. The van der Waals surface area contributed by atoms with Crippen LogP contribution in [0.4, 0.5) is 11.4 Å². The Morgan fingerprint density at radius 3 is 2.00 bits per heavy atom. The molecule has 0 saturated heterocycles. The van der Waals surface area contributed by atoms with Crippen LogP contribution in [-0.4, -0.2) is 0 Å². The molecule has 0 unspecified atom stereocenters. The number of benzene rings is 1. The Labute approximate surface area is 105 Å². The third-order valence-electron chi connectivity index (χ3n) is 3.41. The van der Waals surface area contributed by atoms with Gasteiger partial charge < -0.3 is 11.5 Å². The summed E-state index contributed by atoms with van der Waals surface area (Å²) >= 11 is 0. The fraction of sp³-hybridized carbons (Fsp3) is 0.600. The van der Waals surface area contributed by atoms with Crippen LogP contribution in [0.15, 0.2) is 6.07 Å². The van der Waals surface area contributed by atoms with Crippen LogP contribution < -0.4 is 11.5 Å². The molecule has 0 aliphatic heterocycles. The van der Waals surface area contributed by atoms with Crippen LogP contribution in [0.3, 0.4) is 0 Å². The van der Waals surface area contributed by atoms with E-state index in [2.05, 4.69) is 20.8 Å². The lowest BCUT2D eigenvalue weighted by Gasteiger charge is -2.17. The van der Waals surface area contributed by atoms with Crippen molar-refractivity contribution in [2.75, 3.05) is 11.5 Å². The maximum absolute atomic E-state index is 6.14. The fourth-order valence-corrected chi connectivity index (χ4v) is 2.31. The lowest BCUT2D eigenvalue weighted by molar-refractivity contribution is 0.756. The quantitative estimate of drug-likeness (QED) is 0.735. The molecule has 2 nitrogen and oxygen atoms in total. The molecule has 17 heavy (non-hydrogen) atoms. The number of aryl methyl sites for hydroxylation is 1. The van der Waals surface area contributed by atoms with E-state index in [0.717, 1.165) is 24.2 Å². The highest BCUT2D eigenvalue weighted by Gasteiger charge is 2.11. The summed E-state index contributed by atoms with van der Waals surface area (Å²) in [5.74, 6) is 0. The van der Waals surface area contributed by atoms with E-state index in [4.69, 9.17) is 11.5 Å². The molecule has 0 bridgehead atoms.